The van der Waals surface area contributed by atoms with Crippen LogP contribution in [0.3, 0.4) is 0 Å². The average molecular weight is 345 g/mol. The smallest absolute Gasteiger partial charge is 0.328 e. The van der Waals surface area contributed by atoms with Crippen LogP contribution in [-0.2, 0) is 25.5 Å². The number of benzene rings is 1. The molecule has 0 aromatic heterocycles. The third-order valence-corrected chi connectivity index (χ3v) is 3.67. The highest BCUT2D eigenvalue weighted by atomic mass is 16.5. The topological polar surface area (TPSA) is 108 Å². The van der Waals surface area contributed by atoms with Crippen LogP contribution in [-0.4, -0.2) is 37.0 Å². The zero-order valence-electron chi connectivity index (χ0n) is 14.8. The lowest BCUT2D eigenvalue weighted by molar-refractivity contribution is -0.145. The number of hydrogen-bond acceptors (Lipinski definition) is 5. The van der Waals surface area contributed by atoms with Crippen molar-refractivity contribution in [1.29, 1.82) is 5.26 Å². The molecule has 0 radical (unpaired) electrons. The van der Waals surface area contributed by atoms with E-state index in [-0.39, 0.29) is 18.2 Å². The molecule has 0 saturated carbocycles. The molecule has 1 aromatic rings. The largest absolute Gasteiger partial charge is 0.467 e. The van der Waals surface area contributed by atoms with Crippen molar-refractivity contribution in [3.8, 4) is 6.07 Å². The van der Waals surface area contributed by atoms with E-state index in [1.54, 1.807) is 38.1 Å². The normalized spacial score (nSPS) is 12.6. The Morgan fingerprint density at radius 1 is 1.20 bits per heavy atom. The molecule has 0 fully saturated rings. The summed E-state index contributed by atoms with van der Waals surface area (Å²) in [7, 11) is 1.23. The van der Waals surface area contributed by atoms with E-state index < -0.39 is 24.0 Å². The number of esters is 1. The van der Waals surface area contributed by atoms with Gasteiger partial charge < -0.3 is 15.4 Å². The molecule has 0 spiro atoms. The van der Waals surface area contributed by atoms with Crippen LogP contribution in [0.25, 0.3) is 0 Å². The van der Waals surface area contributed by atoms with E-state index in [1.807, 2.05) is 0 Å². The van der Waals surface area contributed by atoms with E-state index in [4.69, 9.17) is 10.00 Å². The summed E-state index contributed by atoms with van der Waals surface area (Å²) >= 11 is 0. The second-order valence-electron chi connectivity index (χ2n) is 5.98. The van der Waals surface area contributed by atoms with Crippen molar-refractivity contribution in [3.63, 3.8) is 0 Å². The highest BCUT2D eigenvalue weighted by molar-refractivity contribution is 5.90. The van der Waals surface area contributed by atoms with E-state index in [9.17, 15) is 14.4 Å². The van der Waals surface area contributed by atoms with Crippen molar-refractivity contribution >= 4 is 17.8 Å². The maximum Gasteiger partial charge on any atom is 0.328 e. The van der Waals surface area contributed by atoms with Gasteiger partial charge in [0.25, 0.3) is 0 Å². The molecule has 2 N–H and O–H groups in total. The van der Waals surface area contributed by atoms with Crippen molar-refractivity contribution in [2.24, 2.45) is 5.92 Å². The SMILES string of the molecule is COC(=O)[C@@H](Cc1ccccc1C#N)NC(=O)[C@H](NC(C)=O)C(C)C. The van der Waals surface area contributed by atoms with Crippen LogP contribution in [0.2, 0.25) is 0 Å². The molecule has 0 unspecified atom stereocenters. The van der Waals surface area contributed by atoms with Crippen LogP contribution < -0.4 is 10.6 Å². The number of nitrogens with one attached hydrogen (secondary N) is 2. The third kappa shape index (κ3) is 5.92. The van der Waals surface area contributed by atoms with Crippen LogP contribution in [0.1, 0.15) is 31.9 Å². The molecule has 1 rings (SSSR count). The minimum Gasteiger partial charge on any atom is -0.467 e. The Kier molecular flexibility index (Phi) is 7.60. The van der Waals surface area contributed by atoms with Crippen LogP contribution in [0, 0.1) is 17.2 Å². The van der Waals surface area contributed by atoms with Gasteiger partial charge >= 0.3 is 5.97 Å². The Bertz CT molecular complexity index is 679. The first-order valence-electron chi connectivity index (χ1n) is 7.93. The fourth-order valence-corrected chi connectivity index (χ4v) is 2.38. The van der Waals surface area contributed by atoms with Gasteiger partial charge in [0, 0.05) is 13.3 Å². The summed E-state index contributed by atoms with van der Waals surface area (Å²) in [5.41, 5.74) is 1.05. The quantitative estimate of drug-likeness (QED) is 0.714. The molecule has 2 amide bonds. The van der Waals surface area contributed by atoms with Crippen molar-refractivity contribution < 1.29 is 19.1 Å². The lowest BCUT2D eigenvalue weighted by Crippen LogP contribution is -2.54. The van der Waals surface area contributed by atoms with Gasteiger partial charge in [0.15, 0.2) is 0 Å². The number of nitrogens with zero attached hydrogens (tertiary/aromatic N) is 1. The molecule has 0 heterocycles. The fraction of sp³-hybridized carbons (Fsp3) is 0.444. The second kappa shape index (κ2) is 9.42. The summed E-state index contributed by atoms with van der Waals surface area (Å²) < 4.78 is 4.76. The molecule has 7 heteroatoms. The Morgan fingerprint density at radius 3 is 2.36 bits per heavy atom. The van der Waals surface area contributed by atoms with E-state index >= 15 is 0 Å². The number of carbonyl (C=O) groups excluding carboxylic acids is 3. The lowest BCUT2D eigenvalue weighted by Gasteiger charge is -2.24. The van der Waals surface area contributed by atoms with Gasteiger partial charge in [-0.05, 0) is 17.5 Å². The van der Waals surface area contributed by atoms with Gasteiger partial charge in [-0.3, -0.25) is 9.59 Å². The van der Waals surface area contributed by atoms with Gasteiger partial charge in [0.05, 0.1) is 18.7 Å². The average Bonchev–Trinajstić information content (AvgIpc) is 2.58. The molecule has 0 aliphatic carbocycles. The van der Waals surface area contributed by atoms with E-state index in [0.717, 1.165) is 0 Å². The number of methoxy groups -OCH3 is 1. The Labute approximate surface area is 147 Å². The Morgan fingerprint density at radius 2 is 1.84 bits per heavy atom. The summed E-state index contributed by atoms with van der Waals surface area (Å²) in [6.07, 6.45) is 0.118. The summed E-state index contributed by atoms with van der Waals surface area (Å²) in [5.74, 6) is -1.59. The second-order valence-corrected chi connectivity index (χ2v) is 5.98. The summed E-state index contributed by atoms with van der Waals surface area (Å²) in [4.78, 5) is 35.9. The van der Waals surface area contributed by atoms with Gasteiger partial charge in [-0.2, -0.15) is 5.26 Å². The lowest BCUT2D eigenvalue weighted by atomic mass is 9.99. The van der Waals surface area contributed by atoms with Gasteiger partial charge in [-0.15, -0.1) is 0 Å². The predicted octanol–water partition coefficient (Wildman–Crippen LogP) is 0.919. The van der Waals surface area contributed by atoms with Crippen molar-refractivity contribution in [2.75, 3.05) is 7.11 Å². The number of rotatable bonds is 7. The molecular formula is C18H23N3O4. The zero-order chi connectivity index (χ0) is 19.0. The number of ether oxygens (including phenoxy) is 1. The van der Waals surface area contributed by atoms with Gasteiger partial charge in [0.1, 0.15) is 12.1 Å². The zero-order valence-corrected chi connectivity index (χ0v) is 14.8. The van der Waals surface area contributed by atoms with Crippen molar-refractivity contribution in [2.45, 2.75) is 39.3 Å². The Hall–Kier alpha value is -2.88. The predicted molar refractivity (Wildman–Crippen MR) is 91.3 cm³/mol. The minimum absolute atomic E-state index is 0.118. The summed E-state index contributed by atoms with van der Waals surface area (Å²) in [6.45, 7) is 4.90. The number of nitriles is 1. The molecule has 0 aliphatic rings. The summed E-state index contributed by atoms with van der Waals surface area (Å²) in [5, 5.41) is 14.4. The highest BCUT2D eigenvalue weighted by Gasteiger charge is 2.29. The Balaban J connectivity index is 3.00. The standard InChI is InChI=1S/C18H23N3O4/c1-11(2)16(20-12(3)22)17(23)21-15(18(24)25-4)9-13-7-5-6-8-14(13)10-19/h5-8,11,15-16H,9H2,1-4H3,(H,20,22)(H,21,23)/t15-,16-/m1/s1. The summed E-state index contributed by atoms with van der Waals surface area (Å²) in [6, 6.07) is 7.16. The molecule has 25 heavy (non-hydrogen) atoms. The fourth-order valence-electron chi connectivity index (χ4n) is 2.38. The molecule has 134 valence electrons. The van der Waals surface area contributed by atoms with E-state index in [0.29, 0.717) is 11.1 Å². The maximum absolute atomic E-state index is 12.5. The van der Waals surface area contributed by atoms with Gasteiger partial charge in [0.2, 0.25) is 11.8 Å². The molecular weight excluding hydrogens is 322 g/mol. The van der Waals surface area contributed by atoms with Crippen LogP contribution in [0.5, 0.6) is 0 Å². The molecule has 0 saturated heterocycles. The molecule has 2 atom stereocenters. The van der Waals surface area contributed by atoms with Gasteiger partial charge in [-0.1, -0.05) is 32.0 Å². The molecule has 0 bridgehead atoms. The monoisotopic (exact) mass is 345 g/mol. The van der Waals surface area contributed by atoms with Crippen molar-refractivity contribution in [1.82, 2.24) is 10.6 Å². The maximum atomic E-state index is 12.5. The molecule has 1 aromatic carbocycles. The number of amides is 2. The molecule has 0 aliphatic heterocycles. The first-order chi connectivity index (χ1) is 11.8. The van der Waals surface area contributed by atoms with E-state index in [1.165, 1.54) is 14.0 Å². The van der Waals surface area contributed by atoms with Crippen molar-refractivity contribution in [3.05, 3.63) is 35.4 Å². The number of hydrogen-bond donors (Lipinski definition) is 2. The molecule has 7 nitrogen and oxygen atoms in total. The highest BCUT2D eigenvalue weighted by Crippen LogP contribution is 2.12. The van der Waals surface area contributed by atoms with Crippen LogP contribution in [0.4, 0.5) is 0 Å². The third-order valence-electron chi connectivity index (χ3n) is 3.67. The van der Waals surface area contributed by atoms with Crippen LogP contribution in [0.15, 0.2) is 24.3 Å². The first-order valence-corrected chi connectivity index (χ1v) is 7.93. The number of carbonyl (C=O) groups is 3. The van der Waals surface area contributed by atoms with Crippen LogP contribution >= 0.6 is 0 Å². The van der Waals surface area contributed by atoms with Gasteiger partial charge in [-0.25, -0.2) is 4.79 Å². The first kappa shape index (κ1) is 20.2. The van der Waals surface area contributed by atoms with E-state index in [2.05, 4.69) is 16.7 Å². The minimum atomic E-state index is -0.956.